The summed E-state index contributed by atoms with van der Waals surface area (Å²) in [7, 11) is 1.39. The third-order valence-electron chi connectivity index (χ3n) is 4.70. The Bertz CT molecular complexity index is 1010. The number of rotatable bonds is 1. The molecule has 2 aliphatic carbocycles. The van der Waals surface area contributed by atoms with Gasteiger partial charge in [-0.2, -0.15) is 0 Å². The molecular formula is C19H15ClO6. The van der Waals surface area contributed by atoms with E-state index >= 15 is 0 Å². The zero-order chi connectivity index (χ0) is 17.9. The number of carbonyl (C=O) groups excluding carboxylic acids is 2. The number of aromatic hydroxyl groups is 2. The Kier molecular flexibility index (Phi) is 4.16. The zero-order valence-electron chi connectivity index (χ0n) is 13.7. The Morgan fingerprint density at radius 1 is 0.923 bits per heavy atom. The molecule has 134 valence electrons. The normalized spacial score (nSPS) is 14.6. The number of benzene rings is 2. The number of ether oxygens (including phenoxy) is 1. The second-order valence-electron chi connectivity index (χ2n) is 6.02. The Hall–Kier alpha value is -2.99. The molecule has 2 aromatic carbocycles. The highest BCUT2D eigenvalue weighted by Gasteiger charge is 2.39. The van der Waals surface area contributed by atoms with Crippen molar-refractivity contribution in [3.63, 3.8) is 0 Å². The summed E-state index contributed by atoms with van der Waals surface area (Å²) in [6, 6.07) is 4.62. The Balaban J connectivity index is 0.00000196. The van der Waals surface area contributed by atoms with Gasteiger partial charge >= 0.3 is 0 Å². The largest absolute Gasteiger partial charge is 0.512 e. The fourth-order valence-corrected chi connectivity index (χ4v) is 3.52. The molecule has 0 fully saturated rings. The molecule has 0 bridgehead atoms. The number of aliphatic hydroxyl groups is 1. The van der Waals surface area contributed by atoms with Crippen LogP contribution in [-0.4, -0.2) is 34.0 Å². The quantitative estimate of drug-likeness (QED) is 0.565. The number of phenols is 2. The van der Waals surface area contributed by atoms with Crippen molar-refractivity contribution < 1.29 is 29.6 Å². The molecule has 0 aromatic heterocycles. The highest BCUT2D eigenvalue weighted by molar-refractivity contribution is 6.31. The lowest BCUT2D eigenvalue weighted by molar-refractivity contribution is 0.0971. The molecule has 0 heterocycles. The monoisotopic (exact) mass is 374 g/mol. The summed E-state index contributed by atoms with van der Waals surface area (Å²) in [4.78, 5) is 25.9. The first-order chi connectivity index (χ1) is 12.0. The molecule has 26 heavy (non-hydrogen) atoms. The molecule has 0 saturated heterocycles. The predicted molar refractivity (Wildman–Crippen MR) is 95.8 cm³/mol. The molecule has 4 rings (SSSR count). The van der Waals surface area contributed by atoms with Crippen molar-refractivity contribution in [2.75, 3.05) is 7.11 Å². The van der Waals surface area contributed by atoms with Gasteiger partial charge in [-0.25, -0.2) is 0 Å². The number of halogens is 1. The van der Waals surface area contributed by atoms with Crippen molar-refractivity contribution in [3.05, 3.63) is 57.3 Å². The minimum Gasteiger partial charge on any atom is -0.512 e. The predicted octanol–water partition coefficient (Wildman–Crippen LogP) is 3.15. The highest BCUT2D eigenvalue weighted by atomic mass is 35.5. The number of methoxy groups -OCH3 is 1. The number of carbonyl (C=O) groups is 2. The van der Waals surface area contributed by atoms with E-state index in [1.165, 1.54) is 19.3 Å². The van der Waals surface area contributed by atoms with Crippen LogP contribution in [0.1, 0.15) is 49.4 Å². The molecular weight excluding hydrogens is 360 g/mol. The molecule has 0 saturated carbocycles. The first kappa shape index (κ1) is 17.8. The maximum Gasteiger partial charge on any atom is 0.202 e. The summed E-state index contributed by atoms with van der Waals surface area (Å²) < 4.78 is 5.18. The lowest BCUT2D eigenvalue weighted by Crippen LogP contribution is -2.23. The van der Waals surface area contributed by atoms with Gasteiger partial charge in [-0.15, -0.1) is 12.4 Å². The maximum absolute atomic E-state index is 13.0. The summed E-state index contributed by atoms with van der Waals surface area (Å²) in [5.74, 6) is -1.61. The fourth-order valence-electron chi connectivity index (χ4n) is 3.52. The SMILES string of the molecule is COc1cccc2c1C(=O)c1c(O)c3c(c(O)c1C2=O)C=C(O)CC3.Cl. The molecule has 3 N–H and O–H groups in total. The lowest BCUT2D eigenvalue weighted by Gasteiger charge is -2.25. The molecule has 6 nitrogen and oxygen atoms in total. The minimum atomic E-state index is -0.573. The van der Waals surface area contributed by atoms with Crippen LogP contribution in [0.5, 0.6) is 17.2 Å². The van der Waals surface area contributed by atoms with Crippen LogP contribution in [0.25, 0.3) is 6.08 Å². The zero-order valence-corrected chi connectivity index (χ0v) is 14.5. The van der Waals surface area contributed by atoms with Gasteiger partial charge in [0.2, 0.25) is 5.78 Å². The summed E-state index contributed by atoms with van der Waals surface area (Å²) >= 11 is 0. The summed E-state index contributed by atoms with van der Waals surface area (Å²) in [5, 5.41) is 30.9. The molecule has 2 aromatic rings. The molecule has 0 atom stereocenters. The minimum absolute atomic E-state index is 0. The van der Waals surface area contributed by atoms with Crippen molar-refractivity contribution in [1.82, 2.24) is 0 Å². The smallest absolute Gasteiger partial charge is 0.202 e. The Labute approximate surface area is 154 Å². The van der Waals surface area contributed by atoms with Gasteiger partial charge in [0.05, 0.1) is 29.6 Å². The summed E-state index contributed by atoms with van der Waals surface area (Å²) in [6.45, 7) is 0. The van der Waals surface area contributed by atoms with Crippen molar-refractivity contribution in [2.45, 2.75) is 12.8 Å². The van der Waals surface area contributed by atoms with E-state index in [-0.39, 0.29) is 70.3 Å². The van der Waals surface area contributed by atoms with Crippen molar-refractivity contribution in [1.29, 1.82) is 0 Å². The van der Waals surface area contributed by atoms with Crippen LogP contribution in [0.15, 0.2) is 24.0 Å². The van der Waals surface area contributed by atoms with Gasteiger partial charge in [-0.1, -0.05) is 12.1 Å². The number of phenolic OH excluding ortho intramolecular Hbond substituents is 2. The van der Waals surface area contributed by atoms with Gasteiger partial charge in [-0.3, -0.25) is 9.59 Å². The van der Waals surface area contributed by atoms with Crippen LogP contribution in [0.3, 0.4) is 0 Å². The number of ketones is 2. The molecule has 7 heteroatoms. The number of hydrogen-bond donors (Lipinski definition) is 3. The molecule has 0 unspecified atom stereocenters. The van der Waals surface area contributed by atoms with Gasteiger partial charge in [-0.05, 0) is 18.6 Å². The van der Waals surface area contributed by atoms with E-state index in [4.69, 9.17) is 4.74 Å². The highest BCUT2D eigenvalue weighted by Crippen LogP contribution is 2.46. The Morgan fingerprint density at radius 3 is 2.31 bits per heavy atom. The second-order valence-corrected chi connectivity index (χ2v) is 6.02. The van der Waals surface area contributed by atoms with Gasteiger partial charge in [0, 0.05) is 23.1 Å². The van der Waals surface area contributed by atoms with E-state index in [2.05, 4.69) is 0 Å². The van der Waals surface area contributed by atoms with Gasteiger partial charge in [0.1, 0.15) is 17.2 Å². The summed E-state index contributed by atoms with van der Waals surface area (Å²) in [5.41, 5.74) is 0.240. The van der Waals surface area contributed by atoms with Crippen molar-refractivity contribution in [3.8, 4) is 17.2 Å². The summed E-state index contributed by atoms with van der Waals surface area (Å²) in [6.07, 6.45) is 1.85. The van der Waals surface area contributed by atoms with E-state index in [1.807, 2.05) is 0 Å². The van der Waals surface area contributed by atoms with Crippen molar-refractivity contribution >= 4 is 30.0 Å². The van der Waals surface area contributed by atoms with Crippen LogP contribution in [0, 0.1) is 0 Å². The fraction of sp³-hybridized carbons (Fsp3) is 0.158. The van der Waals surface area contributed by atoms with Crippen molar-refractivity contribution in [2.24, 2.45) is 0 Å². The number of fused-ring (bicyclic) bond motifs is 3. The average molecular weight is 375 g/mol. The van der Waals surface area contributed by atoms with Crippen LogP contribution < -0.4 is 4.74 Å². The third kappa shape index (κ3) is 2.19. The molecule has 0 aliphatic heterocycles. The Morgan fingerprint density at radius 2 is 1.62 bits per heavy atom. The van der Waals surface area contributed by atoms with E-state index in [0.29, 0.717) is 5.56 Å². The van der Waals surface area contributed by atoms with E-state index in [9.17, 15) is 24.9 Å². The van der Waals surface area contributed by atoms with Crippen LogP contribution in [0.4, 0.5) is 0 Å². The van der Waals surface area contributed by atoms with Crippen LogP contribution in [-0.2, 0) is 6.42 Å². The molecule has 0 radical (unpaired) electrons. The standard InChI is InChI=1S/C19H14O6.ClH/c1-25-12-4-2-3-10-13(12)19(24)15-14(17(10)22)18(23)11-7-8(20)5-6-9(11)16(15)21;/h2-4,7,20-21,23H,5-6H2,1H3;1H. The van der Waals surface area contributed by atoms with E-state index in [1.54, 1.807) is 12.1 Å². The third-order valence-corrected chi connectivity index (χ3v) is 4.70. The number of aliphatic hydroxyl groups excluding tert-OH is 1. The first-order valence-electron chi connectivity index (χ1n) is 7.72. The number of allylic oxidation sites excluding steroid dienone is 1. The first-order valence-corrected chi connectivity index (χ1v) is 7.72. The van der Waals surface area contributed by atoms with E-state index < -0.39 is 17.3 Å². The van der Waals surface area contributed by atoms with Gasteiger partial charge < -0.3 is 20.1 Å². The maximum atomic E-state index is 13.0. The van der Waals surface area contributed by atoms with Crippen LogP contribution in [0.2, 0.25) is 0 Å². The van der Waals surface area contributed by atoms with E-state index in [0.717, 1.165) is 0 Å². The molecule has 2 aliphatic rings. The average Bonchev–Trinajstić information content (AvgIpc) is 2.61. The second kappa shape index (κ2) is 6.07. The van der Waals surface area contributed by atoms with Gasteiger partial charge in [0.15, 0.2) is 5.78 Å². The molecule has 0 amide bonds. The molecule has 0 spiro atoms. The van der Waals surface area contributed by atoms with Gasteiger partial charge in [0.25, 0.3) is 0 Å². The lowest BCUT2D eigenvalue weighted by atomic mass is 9.78. The van der Waals surface area contributed by atoms with Crippen LogP contribution >= 0.6 is 12.4 Å². The number of hydrogen-bond acceptors (Lipinski definition) is 6. The topological polar surface area (TPSA) is 104 Å².